The van der Waals surface area contributed by atoms with Crippen molar-refractivity contribution >= 4 is 5.97 Å². The molecule has 0 radical (unpaired) electrons. The Bertz CT molecular complexity index is 285. The number of carbonyl (C=O) groups excluding carboxylic acids is 1. The number of hydrogen-bond acceptors (Lipinski definition) is 5. The molecule has 98 valence electrons. The van der Waals surface area contributed by atoms with Crippen molar-refractivity contribution in [1.82, 2.24) is 5.32 Å². The third-order valence-electron chi connectivity index (χ3n) is 3.02. The molecule has 0 bridgehead atoms. The number of nitrogens with one attached hydrogen (secondary N) is 1. The fourth-order valence-electron chi connectivity index (χ4n) is 1.66. The Balaban J connectivity index is 2.27. The van der Waals surface area contributed by atoms with Crippen LogP contribution in [0.15, 0.2) is 0 Å². The number of esters is 1. The van der Waals surface area contributed by atoms with Crippen molar-refractivity contribution in [2.45, 2.75) is 51.2 Å². The number of hydrogen-bond donors (Lipinski definition) is 1. The molecule has 0 aromatic carbocycles. The highest BCUT2D eigenvalue weighted by molar-refractivity contribution is 5.69. The average molecular weight is 244 g/mol. The number of nitrogens with zero attached hydrogens (tertiary/aromatic N) is 1. The smallest absolute Gasteiger partial charge is 0.306 e. The van der Waals surface area contributed by atoms with Crippen molar-refractivity contribution in [1.29, 1.82) is 0 Å². The van der Waals surface area contributed by atoms with Crippen molar-refractivity contribution < 1.29 is 14.5 Å². The van der Waals surface area contributed by atoms with E-state index in [1.165, 1.54) is 13.8 Å². The van der Waals surface area contributed by atoms with Crippen LogP contribution < -0.4 is 5.32 Å². The molecule has 1 rings (SSSR count). The van der Waals surface area contributed by atoms with Gasteiger partial charge < -0.3 is 10.1 Å². The molecular weight excluding hydrogens is 224 g/mol. The normalized spacial score (nSPS) is 17.8. The lowest BCUT2D eigenvalue weighted by molar-refractivity contribution is -0.561. The summed E-state index contributed by atoms with van der Waals surface area (Å²) in [6, 6.07) is 0. The number of carbonyl (C=O) groups is 1. The zero-order valence-corrected chi connectivity index (χ0v) is 10.4. The molecule has 6 heteroatoms. The molecule has 0 atom stereocenters. The second-order valence-electron chi connectivity index (χ2n) is 5.01. The van der Waals surface area contributed by atoms with E-state index in [4.69, 9.17) is 4.74 Å². The molecule has 1 fully saturated rings. The van der Waals surface area contributed by atoms with Gasteiger partial charge in [-0.2, -0.15) is 0 Å². The van der Waals surface area contributed by atoms with Gasteiger partial charge in [-0.3, -0.25) is 14.9 Å². The summed E-state index contributed by atoms with van der Waals surface area (Å²) in [5, 5.41) is 13.8. The largest absolute Gasteiger partial charge is 0.462 e. The lowest BCUT2D eigenvalue weighted by atomic mass is 10.00. The first kappa shape index (κ1) is 13.9. The molecule has 0 saturated carbocycles. The van der Waals surface area contributed by atoms with Crippen LogP contribution in [0.2, 0.25) is 0 Å². The predicted octanol–water partition coefficient (Wildman–Crippen LogP) is 1.12. The highest BCUT2D eigenvalue weighted by Gasteiger charge is 2.31. The topological polar surface area (TPSA) is 81.5 Å². The van der Waals surface area contributed by atoms with Gasteiger partial charge >= 0.3 is 5.97 Å². The number of ether oxygens (including phenoxy) is 1. The maximum absolute atomic E-state index is 11.5. The van der Waals surface area contributed by atoms with Crippen LogP contribution in [-0.2, 0) is 9.53 Å². The maximum Gasteiger partial charge on any atom is 0.306 e. The number of piperidine rings is 1. The standard InChI is InChI=1S/C11H20N2O4/c1-11(2,13(15)16)6-3-10(14)17-9-4-7-12-8-5-9/h9,12H,3-8H2,1-2H3. The van der Waals surface area contributed by atoms with E-state index >= 15 is 0 Å². The second-order valence-corrected chi connectivity index (χ2v) is 5.01. The Hall–Kier alpha value is -1.17. The van der Waals surface area contributed by atoms with Crippen LogP contribution in [-0.4, -0.2) is 35.6 Å². The van der Waals surface area contributed by atoms with Crippen LogP contribution in [0.5, 0.6) is 0 Å². The van der Waals surface area contributed by atoms with Gasteiger partial charge in [0, 0.05) is 25.2 Å². The van der Waals surface area contributed by atoms with Crippen molar-refractivity contribution in [3.05, 3.63) is 10.1 Å². The SMILES string of the molecule is CC(C)(CCC(=O)OC1CCNCC1)[N+](=O)[O-]. The first-order chi connectivity index (χ1) is 7.92. The highest BCUT2D eigenvalue weighted by atomic mass is 16.6. The molecule has 6 nitrogen and oxygen atoms in total. The summed E-state index contributed by atoms with van der Waals surface area (Å²) < 4.78 is 5.26. The summed E-state index contributed by atoms with van der Waals surface area (Å²) in [6.07, 6.45) is 1.94. The van der Waals surface area contributed by atoms with E-state index in [9.17, 15) is 14.9 Å². The Morgan fingerprint density at radius 1 is 1.47 bits per heavy atom. The zero-order chi connectivity index (χ0) is 12.9. The minimum absolute atomic E-state index is 0.0255. The molecule has 1 N–H and O–H groups in total. The molecule has 0 unspecified atom stereocenters. The summed E-state index contributed by atoms with van der Waals surface area (Å²) in [4.78, 5) is 21.8. The van der Waals surface area contributed by atoms with Crippen molar-refractivity contribution in [3.63, 3.8) is 0 Å². The van der Waals surface area contributed by atoms with E-state index in [0.29, 0.717) is 0 Å². The monoisotopic (exact) mass is 244 g/mol. The lowest BCUT2D eigenvalue weighted by Crippen LogP contribution is -2.35. The quantitative estimate of drug-likeness (QED) is 0.445. The van der Waals surface area contributed by atoms with E-state index < -0.39 is 5.54 Å². The molecule has 0 aliphatic carbocycles. The summed E-state index contributed by atoms with van der Waals surface area (Å²) in [7, 11) is 0. The molecule has 1 saturated heterocycles. The molecule has 17 heavy (non-hydrogen) atoms. The molecule has 0 aromatic heterocycles. The van der Waals surface area contributed by atoms with Gasteiger partial charge in [-0.05, 0) is 25.9 Å². The van der Waals surface area contributed by atoms with Crippen LogP contribution in [0.25, 0.3) is 0 Å². The van der Waals surface area contributed by atoms with E-state index in [1.807, 2.05) is 0 Å². The van der Waals surface area contributed by atoms with Gasteiger partial charge in [0.1, 0.15) is 6.10 Å². The lowest BCUT2D eigenvalue weighted by Gasteiger charge is -2.23. The van der Waals surface area contributed by atoms with E-state index in [0.717, 1.165) is 25.9 Å². The van der Waals surface area contributed by atoms with E-state index in [2.05, 4.69) is 5.32 Å². The van der Waals surface area contributed by atoms with Gasteiger partial charge in [-0.15, -0.1) is 0 Å². The van der Waals surface area contributed by atoms with Gasteiger partial charge in [0.2, 0.25) is 5.54 Å². The molecular formula is C11H20N2O4. The van der Waals surface area contributed by atoms with Gasteiger partial charge in [0.05, 0.1) is 6.42 Å². The summed E-state index contributed by atoms with van der Waals surface area (Å²) in [5.74, 6) is -0.327. The van der Waals surface area contributed by atoms with Crippen molar-refractivity contribution in [2.75, 3.05) is 13.1 Å². The molecule has 1 heterocycles. The Morgan fingerprint density at radius 3 is 2.59 bits per heavy atom. The summed E-state index contributed by atoms with van der Waals surface area (Å²) >= 11 is 0. The van der Waals surface area contributed by atoms with Crippen LogP contribution in [0.4, 0.5) is 0 Å². The zero-order valence-electron chi connectivity index (χ0n) is 10.4. The predicted molar refractivity (Wildman–Crippen MR) is 62.3 cm³/mol. The second kappa shape index (κ2) is 5.95. The molecule has 1 aliphatic heterocycles. The third-order valence-corrected chi connectivity index (χ3v) is 3.02. The van der Waals surface area contributed by atoms with Crippen LogP contribution in [0.1, 0.15) is 39.5 Å². The number of rotatable bonds is 5. The fourth-order valence-corrected chi connectivity index (χ4v) is 1.66. The minimum Gasteiger partial charge on any atom is -0.462 e. The van der Waals surface area contributed by atoms with Crippen molar-refractivity contribution in [2.24, 2.45) is 0 Å². The molecule has 0 amide bonds. The average Bonchev–Trinajstić information content (AvgIpc) is 2.28. The van der Waals surface area contributed by atoms with E-state index in [1.54, 1.807) is 0 Å². The first-order valence-electron chi connectivity index (χ1n) is 5.96. The van der Waals surface area contributed by atoms with Crippen LogP contribution >= 0.6 is 0 Å². The van der Waals surface area contributed by atoms with Gasteiger partial charge in [-0.1, -0.05) is 0 Å². The maximum atomic E-state index is 11.5. The van der Waals surface area contributed by atoms with Gasteiger partial charge in [-0.25, -0.2) is 0 Å². The van der Waals surface area contributed by atoms with Crippen LogP contribution in [0, 0.1) is 10.1 Å². The first-order valence-corrected chi connectivity index (χ1v) is 5.96. The summed E-state index contributed by atoms with van der Waals surface area (Å²) in [5.41, 5.74) is -1.06. The Kier molecular flexibility index (Phi) is 4.86. The molecule has 1 aliphatic rings. The Morgan fingerprint density at radius 2 is 2.06 bits per heavy atom. The molecule has 0 aromatic rings. The summed E-state index contributed by atoms with van der Waals surface area (Å²) in [6.45, 7) is 4.76. The van der Waals surface area contributed by atoms with Gasteiger partial charge in [0.15, 0.2) is 0 Å². The van der Waals surface area contributed by atoms with Crippen LogP contribution in [0.3, 0.4) is 0 Å². The van der Waals surface area contributed by atoms with Crippen molar-refractivity contribution in [3.8, 4) is 0 Å². The molecule has 0 spiro atoms. The highest BCUT2D eigenvalue weighted by Crippen LogP contribution is 2.17. The number of nitro groups is 1. The third kappa shape index (κ3) is 4.68. The Labute approximate surface area is 101 Å². The fraction of sp³-hybridized carbons (Fsp3) is 0.909. The minimum atomic E-state index is -1.06. The van der Waals surface area contributed by atoms with E-state index in [-0.39, 0.29) is 29.8 Å². The van der Waals surface area contributed by atoms with Gasteiger partial charge in [0.25, 0.3) is 0 Å².